The third-order valence-electron chi connectivity index (χ3n) is 4.90. The Morgan fingerprint density at radius 1 is 1.41 bits per heavy atom. The number of carbonyl (C=O) groups is 1. The van der Waals surface area contributed by atoms with E-state index in [0.717, 1.165) is 38.2 Å². The fourth-order valence-corrected chi connectivity index (χ4v) is 3.80. The quantitative estimate of drug-likeness (QED) is 0.897. The van der Waals surface area contributed by atoms with Gasteiger partial charge in [0.2, 0.25) is 5.91 Å². The zero-order chi connectivity index (χ0) is 15.7. The molecule has 1 atom stereocenters. The number of hydrogen-bond acceptors (Lipinski definition) is 4. The number of likely N-dealkylation sites (tertiary alicyclic amines) is 2. The molecule has 1 unspecified atom stereocenters. The molecule has 2 fully saturated rings. The average molecular weight is 324 g/mol. The van der Waals surface area contributed by atoms with Gasteiger partial charge in [0.25, 0.3) is 0 Å². The molecular formula is C16H22ClN3O2. The van der Waals surface area contributed by atoms with Crippen molar-refractivity contribution in [1.82, 2.24) is 14.8 Å². The summed E-state index contributed by atoms with van der Waals surface area (Å²) in [5.74, 6) is 0.196. The van der Waals surface area contributed by atoms with Crippen LogP contribution >= 0.6 is 11.6 Å². The first-order valence-electron chi connectivity index (χ1n) is 7.75. The minimum atomic E-state index is -0.396. The van der Waals surface area contributed by atoms with Crippen LogP contribution < -0.4 is 0 Å². The van der Waals surface area contributed by atoms with E-state index in [4.69, 9.17) is 11.6 Å². The number of likely N-dealkylation sites (N-methyl/N-ethyl adjacent to an activating group) is 1. The second-order valence-corrected chi connectivity index (χ2v) is 7.00. The normalized spacial score (nSPS) is 25.7. The fraction of sp³-hybridized carbons (Fsp3) is 0.625. The van der Waals surface area contributed by atoms with E-state index in [1.54, 1.807) is 18.1 Å². The smallest absolute Gasteiger partial charge is 0.228 e. The van der Waals surface area contributed by atoms with E-state index in [-0.39, 0.29) is 11.3 Å². The van der Waals surface area contributed by atoms with E-state index in [2.05, 4.69) is 9.88 Å². The monoisotopic (exact) mass is 323 g/mol. The Morgan fingerprint density at radius 2 is 2.14 bits per heavy atom. The van der Waals surface area contributed by atoms with Crippen LogP contribution in [0.5, 0.6) is 0 Å². The first-order valence-corrected chi connectivity index (χ1v) is 8.13. The van der Waals surface area contributed by atoms with Crippen LogP contribution in [-0.2, 0) is 11.3 Å². The van der Waals surface area contributed by atoms with E-state index in [9.17, 15) is 9.90 Å². The number of amides is 1. The summed E-state index contributed by atoms with van der Waals surface area (Å²) in [5, 5.41) is 10.7. The molecule has 0 aromatic carbocycles. The molecule has 0 radical (unpaired) electrons. The zero-order valence-electron chi connectivity index (χ0n) is 12.8. The van der Waals surface area contributed by atoms with Crippen LogP contribution in [0.4, 0.5) is 0 Å². The van der Waals surface area contributed by atoms with Gasteiger partial charge in [-0.2, -0.15) is 0 Å². The highest BCUT2D eigenvalue weighted by molar-refractivity contribution is 6.30. The van der Waals surface area contributed by atoms with Gasteiger partial charge in [-0.1, -0.05) is 11.6 Å². The molecule has 2 aliphatic rings. The molecule has 1 N–H and O–H groups in total. The molecule has 0 aliphatic carbocycles. The lowest BCUT2D eigenvalue weighted by Gasteiger charge is -2.46. The van der Waals surface area contributed by atoms with E-state index in [1.165, 1.54) is 0 Å². The Bertz CT molecular complexity index is 541. The average Bonchev–Trinajstić information content (AvgIpc) is 2.49. The fourth-order valence-electron chi connectivity index (χ4n) is 3.69. The molecule has 1 aromatic heterocycles. The lowest BCUT2D eigenvalue weighted by molar-refractivity contribution is -0.154. The van der Waals surface area contributed by atoms with Crippen molar-refractivity contribution in [3.05, 3.63) is 29.0 Å². The SMILES string of the molecule is CN1CC(O)CC2(CCN(Cc3ccc(Cl)cn3)CC2)C1=O. The molecule has 2 saturated heterocycles. The van der Waals surface area contributed by atoms with Gasteiger partial charge in [0.05, 0.1) is 22.2 Å². The van der Waals surface area contributed by atoms with Crippen molar-refractivity contribution in [2.45, 2.75) is 31.9 Å². The molecule has 2 aliphatic heterocycles. The number of hydrogen-bond donors (Lipinski definition) is 1. The standard InChI is InChI=1S/C16H22ClN3O2/c1-19-11-14(21)8-16(15(19)22)4-6-20(7-5-16)10-13-3-2-12(17)9-18-13/h2-3,9,14,21H,4-8,10-11H2,1H3. The van der Waals surface area contributed by atoms with Crippen molar-refractivity contribution in [3.63, 3.8) is 0 Å². The van der Waals surface area contributed by atoms with E-state index >= 15 is 0 Å². The molecule has 1 aromatic rings. The Morgan fingerprint density at radius 3 is 2.77 bits per heavy atom. The van der Waals surface area contributed by atoms with Crippen molar-refractivity contribution in [2.24, 2.45) is 5.41 Å². The maximum Gasteiger partial charge on any atom is 0.228 e. The second kappa shape index (κ2) is 6.14. The summed E-state index contributed by atoms with van der Waals surface area (Å²) in [5.41, 5.74) is 0.628. The lowest BCUT2D eigenvalue weighted by atomic mass is 9.71. The first kappa shape index (κ1) is 15.7. The molecule has 5 nitrogen and oxygen atoms in total. The van der Waals surface area contributed by atoms with Gasteiger partial charge in [-0.3, -0.25) is 14.7 Å². The highest BCUT2D eigenvalue weighted by Gasteiger charge is 2.47. The number of rotatable bonds is 2. The van der Waals surface area contributed by atoms with Crippen molar-refractivity contribution in [1.29, 1.82) is 0 Å². The van der Waals surface area contributed by atoms with Crippen LogP contribution in [0.3, 0.4) is 0 Å². The van der Waals surface area contributed by atoms with Gasteiger partial charge in [0, 0.05) is 26.3 Å². The molecule has 3 rings (SSSR count). The number of aliphatic hydroxyl groups is 1. The van der Waals surface area contributed by atoms with Gasteiger partial charge in [-0.25, -0.2) is 0 Å². The van der Waals surface area contributed by atoms with Gasteiger partial charge in [0.15, 0.2) is 0 Å². The molecule has 0 bridgehead atoms. The summed E-state index contributed by atoms with van der Waals surface area (Å²) < 4.78 is 0. The van der Waals surface area contributed by atoms with E-state index < -0.39 is 6.10 Å². The third kappa shape index (κ3) is 3.12. The van der Waals surface area contributed by atoms with Crippen LogP contribution in [-0.4, -0.2) is 58.6 Å². The number of carbonyl (C=O) groups excluding carboxylic acids is 1. The summed E-state index contributed by atoms with van der Waals surface area (Å²) in [6.45, 7) is 2.95. The molecule has 3 heterocycles. The molecule has 120 valence electrons. The molecule has 0 saturated carbocycles. The predicted molar refractivity (Wildman–Crippen MR) is 84.5 cm³/mol. The van der Waals surface area contributed by atoms with Gasteiger partial charge in [-0.05, 0) is 44.5 Å². The number of aromatic nitrogens is 1. The first-order chi connectivity index (χ1) is 10.5. The molecular weight excluding hydrogens is 302 g/mol. The second-order valence-electron chi connectivity index (χ2n) is 6.57. The Kier molecular flexibility index (Phi) is 4.39. The van der Waals surface area contributed by atoms with E-state index in [1.807, 2.05) is 12.1 Å². The Labute approximate surface area is 135 Å². The zero-order valence-corrected chi connectivity index (χ0v) is 13.6. The van der Waals surface area contributed by atoms with Gasteiger partial charge in [0.1, 0.15) is 0 Å². The topological polar surface area (TPSA) is 56.7 Å². The van der Waals surface area contributed by atoms with Crippen LogP contribution in [0.15, 0.2) is 18.3 Å². The summed E-state index contributed by atoms with van der Waals surface area (Å²) in [7, 11) is 1.79. The maximum absolute atomic E-state index is 12.5. The van der Waals surface area contributed by atoms with Crippen molar-refractivity contribution in [3.8, 4) is 0 Å². The summed E-state index contributed by atoms with van der Waals surface area (Å²) in [6, 6.07) is 3.79. The number of β-amino-alcohol motifs (C(OH)–C–C–N with tert-alkyl or cyclic N) is 1. The van der Waals surface area contributed by atoms with Crippen LogP contribution in [0, 0.1) is 5.41 Å². The van der Waals surface area contributed by atoms with Gasteiger partial charge < -0.3 is 10.0 Å². The number of halogens is 1. The number of nitrogens with zero attached hydrogens (tertiary/aromatic N) is 3. The largest absolute Gasteiger partial charge is 0.391 e. The van der Waals surface area contributed by atoms with Crippen LogP contribution in [0.2, 0.25) is 5.02 Å². The van der Waals surface area contributed by atoms with Crippen LogP contribution in [0.25, 0.3) is 0 Å². The predicted octanol–water partition coefficient (Wildman–Crippen LogP) is 1.54. The summed E-state index contributed by atoms with van der Waals surface area (Å²) >= 11 is 5.85. The van der Waals surface area contributed by atoms with Gasteiger partial charge >= 0.3 is 0 Å². The molecule has 6 heteroatoms. The van der Waals surface area contributed by atoms with E-state index in [0.29, 0.717) is 18.0 Å². The third-order valence-corrected chi connectivity index (χ3v) is 5.12. The van der Waals surface area contributed by atoms with Crippen LogP contribution in [0.1, 0.15) is 25.0 Å². The van der Waals surface area contributed by atoms with Crippen molar-refractivity contribution in [2.75, 3.05) is 26.7 Å². The van der Waals surface area contributed by atoms with Crippen molar-refractivity contribution >= 4 is 17.5 Å². The lowest BCUT2D eigenvalue weighted by Crippen LogP contribution is -2.56. The number of piperidine rings is 2. The maximum atomic E-state index is 12.5. The summed E-state index contributed by atoms with van der Waals surface area (Å²) in [6.07, 6.45) is 3.48. The summed E-state index contributed by atoms with van der Waals surface area (Å²) in [4.78, 5) is 20.8. The van der Waals surface area contributed by atoms with Gasteiger partial charge in [-0.15, -0.1) is 0 Å². The highest BCUT2D eigenvalue weighted by Crippen LogP contribution is 2.40. The molecule has 1 spiro atoms. The van der Waals surface area contributed by atoms with Crippen molar-refractivity contribution < 1.29 is 9.90 Å². The molecule has 1 amide bonds. The Balaban J connectivity index is 1.62. The number of pyridine rings is 1. The number of aliphatic hydroxyl groups excluding tert-OH is 1. The Hall–Kier alpha value is -1.17. The molecule has 22 heavy (non-hydrogen) atoms. The highest BCUT2D eigenvalue weighted by atomic mass is 35.5. The minimum absolute atomic E-state index is 0.196. The minimum Gasteiger partial charge on any atom is -0.391 e.